The van der Waals surface area contributed by atoms with Crippen LogP contribution in [0.3, 0.4) is 0 Å². The van der Waals surface area contributed by atoms with Gasteiger partial charge in [-0.1, -0.05) is 30.3 Å². The van der Waals surface area contributed by atoms with Crippen molar-refractivity contribution in [3.05, 3.63) is 71.2 Å². The number of pyridine rings is 1. The molecular formula is C25H35IN6. The van der Waals surface area contributed by atoms with Crippen LogP contribution in [0.4, 0.5) is 0 Å². The summed E-state index contributed by atoms with van der Waals surface area (Å²) in [6.45, 7) is 10.0. The molecule has 2 aromatic heterocycles. The topological polar surface area (TPSA) is 57.0 Å². The van der Waals surface area contributed by atoms with Crippen molar-refractivity contribution in [2.24, 2.45) is 4.99 Å². The molecule has 7 heteroatoms. The van der Waals surface area contributed by atoms with Gasteiger partial charge in [0.05, 0.1) is 12.2 Å². The van der Waals surface area contributed by atoms with Crippen molar-refractivity contribution in [3.8, 4) is 0 Å². The fourth-order valence-corrected chi connectivity index (χ4v) is 4.09. The van der Waals surface area contributed by atoms with Gasteiger partial charge >= 0.3 is 0 Å². The summed E-state index contributed by atoms with van der Waals surface area (Å²) in [5, 5.41) is 6.78. The van der Waals surface area contributed by atoms with Gasteiger partial charge in [0.25, 0.3) is 0 Å². The first-order valence-electron chi connectivity index (χ1n) is 11.5. The van der Waals surface area contributed by atoms with Gasteiger partial charge in [0.1, 0.15) is 5.65 Å². The van der Waals surface area contributed by atoms with E-state index in [4.69, 9.17) is 9.98 Å². The van der Waals surface area contributed by atoms with E-state index in [1.54, 1.807) is 0 Å². The second-order valence-electron chi connectivity index (χ2n) is 8.33. The minimum Gasteiger partial charge on any atom is -0.357 e. The molecule has 0 spiro atoms. The fourth-order valence-electron chi connectivity index (χ4n) is 4.09. The highest BCUT2D eigenvalue weighted by molar-refractivity contribution is 14.0. The van der Waals surface area contributed by atoms with E-state index in [0.717, 1.165) is 43.4 Å². The average molecular weight is 547 g/mol. The quantitative estimate of drug-likeness (QED) is 0.253. The van der Waals surface area contributed by atoms with Crippen LogP contribution in [0.5, 0.6) is 0 Å². The van der Waals surface area contributed by atoms with Crippen LogP contribution < -0.4 is 10.6 Å². The molecule has 32 heavy (non-hydrogen) atoms. The fraction of sp³-hybridized carbons (Fsp3) is 0.440. The number of nitrogens with zero attached hydrogens (tertiary/aromatic N) is 4. The number of nitrogens with one attached hydrogen (secondary N) is 2. The number of halogens is 1. The highest BCUT2D eigenvalue weighted by atomic mass is 127. The Balaban J connectivity index is 0.00000289. The van der Waals surface area contributed by atoms with Crippen molar-refractivity contribution < 1.29 is 0 Å². The zero-order valence-electron chi connectivity index (χ0n) is 19.2. The number of fused-ring (bicyclic) bond motifs is 1. The molecular weight excluding hydrogens is 511 g/mol. The number of aromatic nitrogens is 2. The van der Waals surface area contributed by atoms with E-state index in [0.29, 0.717) is 6.54 Å². The molecule has 172 valence electrons. The zero-order valence-corrected chi connectivity index (χ0v) is 21.5. The Morgan fingerprint density at radius 1 is 1.06 bits per heavy atom. The molecule has 1 fully saturated rings. The minimum absolute atomic E-state index is 0. The Kier molecular flexibility index (Phi) is 9.35. The summed E-state index contributed by atoms with van der Waals surface area (Å²) in [7, 11) is 0. The van der Waals surface area contributed by atoms with E-state index in [1.165, 1.54) is 42.6 Å². The summed E-state index contributed by atoms with van der Waals surface area (Å²) >= 11 is 0. The first-order chi connectivity index (χ1) is 15.2. The van der Waals surface area contributed by atoms with Crippen molar-refractivity contribution in [1.82, 2.24) is 24.9 Å². The van der Waals surface area contributed by atoms with Crippen LogP contribution in [0, 0.1) is 6.92 Å². The van der Waals surface area contributed by atoms with Crippen LogP contribution in [0.25, 0.3) is 5.65 Å². The van der Waals surface area contributed by atoms with Crippen molar-refractivity contribution >= 4 is 35.6 Å². The molecule has 2 N–H and O–H groups in total. The third-order valence-corrected chi connectivity index (χ3v) is 5.79. The second-order valence-corrected chi connectivity index (χ2v) is 8.33. The second kappa shape index (κ2) is 12.2. The Labute approximate surface area is 208 Å². The van der Waals surface area contributed by atoms with Gasteiger partial charge in [0.15, 0.2) is 5.96 Å². The molecule has 6 nitrogen and oxygen atoms in total. The van der Waals surface area contributed by atoms with Crippen LogP contribution in [0.15, 0.2) is 53.8 Å². The lowest BCUT2D eigenvalue weighted by atomic mass is 10.1. The van der Waals surface area contributed by atoms with Gasteiger partial charge in [-0.3, -0.25) is 4.90 Å². The summed E-state index contributed by atoms with van der Waals surface area (Å²) in [6.07, 6.45) is 7.69. The number of aryl methyl sites for hydroxylation is 1. The van der Waals surface area contributed by atoms with Gasteiger partial charge in [0.2, 0.25) is 0 Å². The summed E-state index contributed by atoms with van der Waals surface area (Å²) in [4.78, 5) is 12.0. The third kappa shape index (κ3) is 6.68. The van der Waals surface area contributed by atoms with Crippen LogP contribution in [0.1, 0.15) is 42.1 Å². The van der Waals surface area contributed by atoms with Gasteiger partial charge in [-0.15, -0.1) is 24.0 Å². The number of guanidine groups is 1. The molecule has 0 radical (unpaired) electrons. The van der Waals surface area contributed by atoms with Crippen LogP contribution in [-0.4, -0.2) is 46.4 Å². The normalized spacial score (nSPS) is 14.5. The first-order valence-corrected chi connectivity index (χ1v) is 11.5. The summed E-state index contributed by atoms with van der Waals surface area (Å²) in [5.41, 5.74) is 5.95. The highest BCUT2D eigenvalue weighted by Gasteiger charge is 2.11. The van der Waals surface area contributed by atoms with Gasteiger partial charge in [-0.05, 0) is 62.5 Å². The lowest BCUT2D eigenvalue weighted by molar-refractivity contribution is 0.331. The maximum absolute atomic E-state index is 4.76. The molecule has 4 rings (SSSR count). The summed E-state index contributed by atoms with van der Waals surface area (Å²) in [5.74, 6) is 0.851. The molecule has 0 atom stereocenters. The molecule has 0 unspecified atom stereocenters. The van der Waals surface area contributed by atoms with Crippen molar-refractivity contribution in [3.63, 3.8) is 0 Å². The molecule has 1 aromatic carbocycles. The van der Waals surface area contributed by atoms with E-state index in [1.807, 2.05) is 6.20 Å². The average Bonchev–Trinajstić information content (AvgIpc) is 3.43. The highest BCUT2D eigenvalue weighted by Crippen LogP contribution is 2.14. The molecule has 3 heterocycles. The number of rotatable bonds is 8. The van der Waals surface area contributed by atoms with Crippen molar-refractivity contribution in [2.75, 3.05) is 26.2 Å². The van der Waals surface area contributed by atoms with Crippen LogP contribution in [-0.2, 0) is 19.5 Å². The molecule has 1 aliphatic rings. The van der Waals surface area contributed by atoms with E-state index in [-0.39, 0.29) is 24.0 Å². The smallest absolute Gasteiger partial charge is 0.191 e. The van der Waals surface area contributed by atoms with Gasteiger partial charge in [-0.25, -0.2) is 9.98 Å². The Morgan fingerprint density at radius 3 is 2.53 bits per heavy atom. The molecule has 1 saturated heterocycles. The number of hydrogen-bond donors (Lipinski definition) is 2. The molecule has 0 saturated carbocycles. The summed E-state index contributed by atoms with van der Waals surface area (Å²) in [6, 6.07) is 13.1. The van der Waals surface area contributed by atoms with Crippen LogP contribution >= 0.6 is 24.0 Å². The monoisotopic (exact) mass is 546 g/mol. The lowest BCUT2D eigenvalue weighted by Crippen LogP contribution is -2.38. The standard InChI is InChI=1S/C25H34N6.HI/c1-3-26-25(27-13-12-23-19-31-16-6-7-20(2)24(31)29-23)28-17-21-8-10-22(11-9-21)18-30-14-4-5-15-30;/h6-11,16,19H,3-5,12-15,17-18H2,1-2H3,(H2,26,27,28);1H. The number of imidazole rings is 1. The van der Waals surface area contributed by atoms with Crippen molar-refractivity contribution in [1.29, 1.82) is 0 Å². The van der Waals surface area contributed by atoms with Gasteiger partial charge in [-0.2, -0.15) is 0 Å². The van der Waals surface area contributed by atoms with E-state index in [9.17, 15) is 0 Å². The Hall–Kier alpha value is -2.13. The number of aliphatic imine (C=N–C) groups is 1. The Bertz CT molecular complexity index is 1000. The molecule has 1 aliphatic heterocycles. The maximum atomic E-state index is 4.76. The number of benzene rings is 1. The minimum atomic E-state index is 0. The Morgan fingerprint density at radius 2 is 1.81 bits per heavy atom. The van der Waals surface area contributed by atoms with E-state index < -0.39 is 0 Å². The molecule has 3 aromatic rings. The third-order valence-electron chi connectivity index (χ3n) is 5.79. The summed E-state index contributed by atoms with van der Waals surface area (Å²) < 4.78 is 2.09. The van der Waals surface area contributed by atoms with Crippen molar-refractivity contribution in [2.45, 2.75) is 46.2 Å². The molecule has 0 aliphatic carbocycles. The van der Waals surface area contributed by atoms with E-state index >= 15 is 0 Å². The predicted octanol–water partition coefficient (Wildman–Crippen LogP) is 4.15. The molecule has 0 amide bonds. The van der Waals surface area contributed by atoms with Crippen LogP contribution in [0.2, 0.25) is 0 Å². The van der Waals surface area contributed by atoms with E-state index in [2.05, 4.69) is 76.4 Å². The lowest BCUT2D eigenvalue weighted by Gasteiger charge is -2.14. The van der Waals surface area contributed by atoms with Gasteiger partial charge in [0, 0.05) is 38.4 Å². The largest absolute Gasteiger partial charge is 0.357 e. The number of likely N-dealkylation sites (tertiary alicyclic amines) is 1. The first kappa shape index (κ1) is 24.5. The zero-order chi connectivity index (χ0) is 21.5. The van der Waals surface area contributed by atoms with Gasteiger partial charge < -0.3 is 15.0 Å². The SMILES string of the molecule is CCNC(=NCc1ccc(CN2CCCC2)cc1)NCCc1cn2cccc(C)c2n1.I. The predicted molar refractivity (Wildman–Crippen MR) is 143 cm³/mol. The maximum Gasteiger partial charge on any atom is 0.191 e. The number of hydrogen-bond acceptors (Lipinski definition) is 3. The molecule has 0 bridgehead atoms.